The van der Waals surface area contributed by atoms with Gasteiger partial charge in [-0.05, 0) is 42.9 Å². The number of aryl methyl sites for hydroxylation is 1. The van der Waals surface area contributed by atoms with Crippen LogP contribution in [0.5, 0.6) is 0 Å². The van der Waals surface area contributed by atoms with Crippen LogP contribution in [0.4, 0.5) is 0 Å². The molecule has 0 aliphatic carbocycles. The van der Waals surface area contributed by atoms with Crippen molar-refractivity contribution >= 4 is 10.0 Å². The van der Waals surface area contributed by atoms with Crippen LogP contribution in [0.25, 0.3) is 0 Å². The van der Waals surface area contributed by atoms with Crippen molar-refractivity contribution in [3.8, 4) is 0 Å². The van der Waals surface area contributed by atoms with Crippen molar-refractivity contribution in [1.82, 2.24) is 4.31 Å². The van der Waals surface area contributed by atoms with Gasteiger partial charge in [0.1, 0.15) is 5.76 Å². The Hall–Kier alpha value is -1.59. The lowest BCUT2D eigenvalue weighted by molar-refractivity contribution is 0.343. The van der Waals surface area contributed by atoms with Gasteiger partial charge in [0.05, 0.1) is 18.6 Å². The zero-order valence-corrected chi connectivity index (χ0v) is 14.1. The number of nitrogens with zero attached hydrogens (tertiary/aromatic N) is 1. The summed E-state index contributed by atoms with van der Waals surface area (Å²) in [6.45, 7) is 0.952. The van der Waals surface area contributed by atoms with Crippen molar-refractivity contribution in [2.45, 2.75) is 38.6 Å². The maximum absolute atomic E-state index is 12.4. The fourth-order valence-corrected chi connectivity index (χ4v) is 4.52. The van der Waals surface area contributed by atoms with Crippen molar-refractivity contribution in [3.05, 3.63) is 59.5 Å². The van der Waals surface area contributed by atoms with Gasteiger partial charge < -0.3 is 4.42 Å². The molecule has 1 aliphatic heterocycles. The normalized spacial score (nSPS) is 15.5. The Balaban J connectivity index is 1.43. The number of rotatable bonds is 7. The van der Waals surface area contributed by atoms with Crippen LogP contribution in [0.15, 0.2) is 47.1 Å². The Morgan fingerprint density at radius 2 is 1.87 bits per heavy atom. The molecule has 0 atom stereocenters. The predicted molar refractivity (Wildman–Crippen MR) is 90.6 cm³/mol. The molecule has 0 spiro atoms. The summed E-state index contributed by atoms with van der Waals surface area (Å²) >= 11 is 0. The molecule has 5 heteroatoms. The first kappa shape index (κ1) is 16.3. The largest absolute Gasteiger partial charge is 0.468 e. The Morgan fingerprint density at radius 1 is 1.04 bits per heavy atom. The SMILES string of the molecule is O=S(=O)(CCCCCc1ccccc1)N1CCc2ccoc2C1. The van der Waals surface area contributed by atoms with Gasteiger partial charge in [-0.25, -0.2) is 8.42 Å². The molecular formula is C18H23NO3S. The topological polar surface area (TPSA) is 50.5 Å². The van der Waals surface area contributed by atoms with Gasteiger partial charge in [-0.2, -0.15) is 4.31 Å². The molecule has 2 aromatic rings. The number of hydrogen-bond acceptors (Lipinski definition) is 3. The fourth-order valence-electron chi connectivity index (χ4n) is 3.01. The van der Waals surface area contributed by atoms with Crippen LogP contribution in [-0.2, 0) is 29.4 Å². The van der Waals surface area contributed by atoms with E-state index in [9.17, 15) is 8.42 Å². The monoisotopic (exact) mass is 333 g/mol. The van der Waals surface area contributed by atoms with E-state index < -0.39 is 10.0 Å². The highest BCUT2D eigenvalue weighted by Crippen LogP contribution is 2.22. The molecule has 1 aliphatic rings. The highest BCUT2D eigenvalue weighted by atomic mass is 32.2. The Morgan fingerprint density at radius 3 is 2.70 bits per heavy atom. The molecule has 2 heterocycles. The minimum atomic E-state index is -3.18. The second-order valence-electron chi connectivity index (χ2n) is 6.06. The van der Waals surface area contributed by atoms with Crippen molar-refractivity contribution in [2.75, 3.05) is 12.3 Å². The first-order chi connectivity index (χ1) is 11.1. The van der Waals surface area contributed by atoms with E-state index in [1.807, 2.05) is 24.3 Å². The van der Waals surface area contributed by atoms with Crippen LogP contribution in [0, 0.1) is 0 Å². The van der Waals surface area contributed by atoms with E-state index >= 15 is 0 Å². The lowest BCUT2D eigenvalue weighted by Gasteiger charge is -2.25. The molecule has 0 saturated heterocycles. The van der Waals surface area contributed by atoms with E-state index in [-0.39, 0.29) is 5.75 Å². The van der Waals surface area contributed by atoms with E-state index in [0.29, 0.717) is 13.1 Å². The highest BCUT2D eigenvalue weighted by Gasteiger charge is 2.27. The van der Waals surface area contributed by atoms with E-state index in [1.165, 1.54) is 5.56 Å². The van der Waals surface area contributed by atoms with Crippen molar-refractivity contribution in [3.63, 3.8) is 0 Å². The molecular weight excluding hydrogens is 310 g/mol. The number of sulfonamides is 1. The van der Waals surface area contributed by atoms with Gasteiger partial charge in [0.15, 0.2) is 0 Å². The molecule has 1 aromatic heterocycles. The lowest BCUT2D eigenvalue weighted by Crippen LogP contribution is -2.37. The van der Waals surface area contributed by atoms with Crippen LogP contribution >= 0.6 is 0 Å². The molecule has 3 rings (SSSR count). The first-order valence-electron chi connectivity index (χ1n) is 8.22. The van der Waals surface area contributed by atoms with Gasteiger partial charge in [0, 0.05) is 6.54 Å². The summed E-state index contributed by atoms with van der Waals surface area (Å²) in [4.78, 5) is 0. The number of furan rings is 1. The quantitative estimate of drug-likeness (QED) is 0.730. The highest BCUT2D eigenvalue weighted by molar-refractivity contribution is 7.89. The van der Waals surface area contributed by atoms with Crippen LogP contribution in [0.1, 0.15) is 36.1 Å². The third-order valence-electron chi connectivity index (χ3n) is 4.39. The molecule has 0 amide bonds. The predicted octanol–water partition coefficient (Wildman–Crippen LogP) is 3.38. The van der Waals surface area contributed by atoms with Gasteiger partial charge in [-0.3, -0.25) is 0 Å². The second-order valence-corrected chi connectivity index (χ2v) is 8.15. The molecule has 0 N–H and O–H groups in total. The molecule has 4 nitrogen and oxygen atoms in total. The Labute approximate surface area is 138 Å². The van der Waals surface area contributed by atoms with Crippen LogP contribution < -0.4 is 0 Å². The second kappa shape index (κ2) is 7.32. The average molecular weight is 333 g/mol. The summed E-state index contributed by atoms with van der Waals surface area (Å²) in [5.41, 5.74) is 2.45. The third kappa shape index (κ3) is 4.24. The van der Waals surface area contributed by atoms with E-state index in [0.717, 1.165) is 43.4 Å². The van der Waals surface area contributed by atoms with Crippen molar-refractivity contribution < 1.29 is 12.8 Å². The summed E-state index contributed by atoms with van der Waals surface area (Å²) < 4.78 is 31.8. The maximum Gasteiger partial charge on any atom is 0.214 e. The van der Waals surface area contributed by atoms with Gasteiger partial charge in [-0.1, -0.05) is 36.8 Å². The lowest BCUT2D eigenvalue weighted by atomic mass is 10.1. The third-order valence-corrected chi connectivity index (χ3v) is 6.30. The average Bonchev–Trinajstić information content (AvgIpc) is 3.03. The summed E-state index contributed by atoms with van der Waals surface area (Å²) in [5.74, 6) is 1.03. The number of unbranched alkanes of at least 4 members (excludes halogenated alkanes) is 2. The van der Waals surface area contributed by atoms with E-state index in [1.54, 1.807) is 10.6 Å². The van der Waals surface area contributed by atoms with Gasteiger partial charge in [0.2, 0.25) is 10.0 Å². The Kier molecular flexibility index (Phi) is 5.18. The zero-order valence-electron chi connectivity index (χ0n) is 13.3. The van der Waals surface area contributed by atoms with E-state index in [2.05, 4.69) is 12.1 Å². The molecule has 23 heavy (non-hydrogen) atoms. The maximum atomic E-state index is 12.4. The molecule has 0 radical (unpaired) electrons. The molecule has 124 valence electrons. The van der Waals surface area contributed by atoms with Gasteiger partial charge in [0.25, 0.3) is 0 Å². The van der Waals surface area contributed by atoms with Crippen molar-refractivity contribution in [1.29, 1.82) is 0 Å². The van der Waals surface area contributed by atoms with Gasteiger partial charge >= 0.3 is 0 Å². The smallest absolute Gasteiger partial charge is 0.214 e. The zero-order chi connectivity index (χ0) is 16.1. The first-order valence-corrected chi connectivity index (χ1v) is 9.83. The fraction of sp³-hybridized carbons (Fsp3) is 0.444. The number of hydrogen-bond donors (Lipinski definition) is 0. The molecule has 1 aromatic carbocycles. The standard InChI is InChI=1S/C18H23NO3S/c20-23(21,19-12-10-17-11-13-22-18(17)15-19)14-6-2-5-9-16-7-3-1-4-8-16/h1,3-4,7-8,11,13H,2,5-6,9-10,12,14-15H2. The minimum Gasteiger partial charge on any atom is -0.468 e. The van der Waals surface area contributed by atoms with Crippen molar-refractivity contribution in [2.24, 2.45) is 0 Å². The number of fused-ring (bicyclic) bond motifs is 1. The summed E-state index contributed by atoms with van der Waals surface area (Å²) in [7, 11) is -3.18. The summed E-state index contributed by atoms with van der Waals surface area (Å²) in [5, 5.41) is 0. The molecule has 0 unspecified atom stereocenters. The molecule has 0 fully saturated rings. The summed E-state index contributed by atoms with van der Waals surface area (Å²) in [6, 6.07) is 12.3. The number of benzene rings is 1. The van der Waals surface area contributed by atoms with Crippen LogP contribution in [-0.4, -0.2) is 25.0 Å². The molecule has 0 saturated carbocycles. The summed E-state index contributed by atoms with van der Waals surface area (Å²) in [6.07, 6.45) is 6.09. The van der Waals surface area contributed by atoms with Crippen LogP contribution in [0.3, 0.4) is 0 Å². The minimum absolute atomic E-state index is 0.234. The van der Waals surface area contributed by atoms with Gasteiger partial charge in [-0.15, -0.1) is 0 Å². The van der Waals surface area contributed by atoms with E-state index in [4.69, 9.17) is 4.42 Å². The van der Waals surface area contributed by atoms with Crippen LogP contribution in [0.2, 0.25) is 0 Å². The Bertz CT molecular complexity index is 722. The molecule has 0 bridgehead atoms.